The van der Waals surface area contributed by atoms with E-state index in [0.29, 0.717) is 44.7 Å². The molecule has 3 aliphatic heterocycles. The molecule has 58 heavy (non-hydrogen) atoms. The van der Waals surface area contributed by atoms with Gasteiger partial charge in [-0.3, -0.25) is 19.3 Å². The number of aromatic nitrogens is 3. The van der Waals surface area contributed by atoms with Gasteiger partial charge in [0.05, 0.1) is 25.3 Å². The number of anilines is 1. The molecule has 5 atom stereocenters. The average Bonchev–Trinajstić information content (AvgIpc) is 3.61. The first-order valence-electron chi connectivity index (χ1n) is 20.0. The van der Waals surface area contributed by atoms with Crippen LogP contribution < -0.4 is 20.7 Å². The van der Waals surface area contributed by atoms with Gasteiger partial charge in [-0.05, 0) is 63.1 Å². The lowest BCUT2D eigenvalue weighted by atomic mass is 10.0. The van der Waals surface area contributed by atoms with Gasteiger partial charge in [0.25, 0.3) is 15.9 Å². The van der Waals surface area contributed by atoms with Gasteiger partial charge in [-0.25, -0.2) is 36.8 Å². The molecule has 18 nitrogen and oxygen atoms in total. The Hall–Kier alpha value is -5.27. The van der Waals surface area contributed by atoms with Crippen molar-refractivity contribution in [2.24, 2.45) is 5.92 Å². The highest BCUT2D eigenvalue weighted by Crippen LogP contribution is 2.45. The summed E-state index contributed by atoms with van der Waals surface area (Å²) >= 11 is 0. The molecule has 4 N–H and O–H groups in total. The Bertz CT molecular complexity index is 2030. The maximum atomic E-state index is 14.5. The number of benzene rings is 1. The number of sulfonamides is 1. The first kappa shape index (κ1) is 40.9. The molecular formula is C38H50FN9O9S. The van der Waals surface area contributed by atoms with Crippen molar-refractivity contribution in [2.45, 2.75) is 125 Å². The SMILES string of the molecule is C=C[C@@H]1C[C@@]12NC(=O)[C@@H]1C[C@@H](OC(=O)N3CCn4ncnc4C3)CN1C(=O)[C@@H](NC(=O)OC1CCCC1)CCCCCCCNc1ccc(F)cc1S(=O)(=O)NC2=O. The quantitative estimate of drug-likeness (QED) is 0.327. The number of alkyl carbamates (subject to hydrolysis) is 1. The van der Waals surface area contributed by atoms with Gasteiger partial charge >= 0.3 is 12.2 Å². The summed E-state index contributed by atoms with van der Waals surface area (Å²) in [6.07, 6.45) is 6.94. The molecule has 7 rings (SSSR count). The van der Waals surface area contributed by atoms with E-state index in [0.717, 1.165) is 50.7 Å². The van der Waals surface area contributed by atoms with Crippen LogP contribution in [-0.2, 0) is 47.0 Å². The molecule has 314 valence electrons. The van der Waals surface area contributed by atoms with Gasteiger partial charge in [0.2, 0.25) is 11.8 Å². The summed E-state index contributed by atoms with van der Waals surface area (Å²) in [5.41, 5.74) is -1.67. The van der Waals surface area contributed by atoms with Gasteiger partial charge in [0.1, 0.15) is 52.7 Å². The summed E-state index contributed by atoms with van der Waals surface area (Å²) in [4.78, 5) is 75.9. The van der Waals surface area contributed by atoms with Crippen LogP contribution in [0.1, 0.15) is 82.9 Å². The average molecular weight is 828 g/mol. The Morgan fingerprint density at radius 3 is 2.53 bits per heavy atom. The summed E-state index contributed by atoms with van der Waals surface area (Å²) in [7, 11) is -4.66. The largest absolute Gasteiger partial charge is 0.446 e. The third-order valence-electron chi connectivity index (χ3n) is 11.6. The van der Waals surface area contributed by atoms with Crippen molar-refractivity contribution >= 4 is 45.6 Å². The minimum atomic E-state index is -4.66. The minimum Gasteiger partial charge on any atom is -0.446 e. The number of halogens is 1. The predicted molar refractivity (Wildman–Crippen MR) is 204 cm³/mol. The van der Waals surface area contributed by atoms with Crippen LogP contribution in [0, 0.1) is 11.7 Å². The fourth-order valence-electron chi connectivity index (χ4n) is 8.30. The van der Waals surface area contributed by atoms with Gasteiger partial charge in [-0.15, -0.1) is 6.58 Å². The Labute approximate surface area is 335 Å². The van der Waals surface area contributed by atoms with Crippen LogP contribution in [0.2, 0.25) is 0 Å². The van der Waals surface area contributed by atoms with E-state index in [9.17, 15) is 36.8 Å². The summed E-state index contributed by atoms with van der Waals surface area (Å²) in [5.74, 6) is -3.40. The zero-order valence-electron chi connectivity index (χ0n) is 32.2. The van der Waals surface area contributed by atoms with Crippen molar-refractivity contribution in [1.29, 1.82) is 0 Å². The monoisotopic (exact) mass is 827 g/mol. The number of hydrogen-bond donors (Lipinski definition) is 4. The van der Waals surface area contributed by atoms with Gasteiger partial charge in [-0.1, -0.05) is 31.8 Å². The molecule has 2 aliphatic carbocycles. The molecule has 4 heterocycles. The second-order valence-electron chi connectivity index (χ2n) is 15.6. The van der Waals surface area contributed by atoms with Crippen molar-refractivity contribution in [3.05, 3.63) is 48.8 Å². The lowest BCUT2D eigenvalue weighted by molar-refractivity contribution is -0.141. The van der Waals surface area contributed by atoms with Crippen LogP contribution in [0.15, 0.2) is 42.1 Å². The number of rotatable bonds is 4. The molecule has 20 heteroatoms. The minimum absolute atomic E-state index is 0.00625. The Kier molecular flexibility index (Phi) is 12.2. The number of carbonyl (C=O) groups excluding carboxylic acids is 5. The first-order valence-corrected chi connectivity index (χ1v) is 21.5. The number of hydrogen-bond acceptors (Lipinski definition) is 12. The van der Waals surface area contributed by atoms with Crippen molar-refractivity contribution < 1.29 is 46.3 Å². The molecular weight excluding hydrogens is 778 g/mol. The molecule has 1 saturated heterocycles. The number of nitrogens with one attached hydrogen (secondary N) is 4. The highest BCUT2D eigenvalue weighted by Gasteiger charge is 2.61. The zero-order chi connectivity index (χ0) is 41.0. The number of nitrogens with zero attached hydrogens (tertiary/aromatic N) is 5. The fourth-order valence-corrected chi connectivity index (χ4v) is 9.53. The van der Waals surface area contributed by atoms with Gasteiger partial charge < -0.3 is 30.3 Å². The van der Waals surface area contributed by atoms with Gasteiger partial charge in [0, 0.05) is 25.4 Å². The summed E-state index contributed by atoms with van der Waals surface area (Å²) in [6.45, 7) is 4.75. The standard InChI is InChI=1S/C38H50FN9O9S/c1-2-24-20-38(24)35(51)45-58(54,55)31-18-25(39)13-14-28(31)40-15-9-5-3-4-6-12-29(43-36(52)56-26-10-7-8-11-26)34(50)47-21-27(19-30(47)33(49)44-38)57-37(53)46-16-17-48-32(22-46)41-23-42-48/h2,13-14,18,23-24,26-27,29-30,40H,1,3-12,15-17,19-22H2,(H,43,52)(H,44,49)(H,45,51)/t24-,27-,29+,30+,38-/m1/s1. The lowest BCUT2D eigenvalue weighted by Gasteiger charge is -2.30. The maximum absolute atomic E-state index is 14.5. The van der Waals surface area contributed by atoms with Crippen LogP contribution in [-0.4, -0.2) is 112 Å². The highest BCUT2D eigenvalue weighted by atomic mass is 32.2. The summed E-state index contributed by atoms with van der Waals surface area (Å²) < 4.78 is 57.0. The number of ether oxygens (including phenoxy) is 2. The fraction of sp³-hybridized carbons (Fsp3) is 0.605. The first-order chi connectivity index (χ1) is 27.9. The third-order valence-corrected chi connectivity index (χ3v) is 13.0. The maximum Gasteiger partial charge on any atom is 0.410 e. The van der Waals surface area contributed by atoms with Gasteiger partial charge in [-0.2, -0.15) is 5.10 Å². The number of carbonyl (C=O) groups is 5. The van der Waals surface area contributed by atoms with Crippen molar-refractivity contribution in [3.8, 4) is 0 Å². The Morgan fingerprint density at radius 1 is 1.00 bits per heavy atom. The lowest BCUT2D eigenvalue weighted by Crippen LogP contribution is -2.58. The molecule has 1 aromatic heterocycles. The summed E-state index contributed by atoms with van der Waals surface area (Å²) in [5, 5.41) is 12.6. The van der Waals surface area contributed by atoms with Crippen molar-refractivity contribution in [2.75, 3.05) is 25.0 Å². The molecule has 1 spiro atoms. The van der Waals surface area contributed by atoms with E-state index in [1.165, 1.54) is 28.3 Å². The molecule has 0 bridgehead atoms. The molecule has 2 saturated carbocycles. The van der Waals surface area contributed by atoms with E-state index in [-0.39, 0.29) is 44.1 Å². The third kappa shape index (κ3) is 9.05. The highest BCUT2D eigenvalue weighted by molar-refractivity contribution is 7.90. The topological polar surface area (TPSA) is 223 Å². The van der Waals surface area contributed by atoms with Gasteiger partial charge in [0.15, 0.2) is 0 Å². The number of amides is 5. The molecule has 0 radical (unpaired) electrons. The Morgan fingerprint density at radius 2 is 1.76 bits per heavy atom. The van der Waals surface area contributed by atoms with E-state index in [2.05, 4.69) is 32.6 Å². The van der Waals surface area contributed by atoms with E-state index in [1.54, 1.807) is 4.68 Å². The zero-order valence-corrected chi connectivity index (χ0v) is 33.0. The van der Waals surface area contributed by atoms with E-state index in [1.807, 2.05) is 4.72 Å². The van der Waals surface area contributed by atoms with Crippen LogP contribution >= 0.6 is 0 Å². The number of fused-ring (bicyclic) bond motifs is 3. The predicted octanol–water partition coefficient (Wildman–Crippen LogP) is 2.71. The molecule has 0 unspecified atom stereocenters. The van der Waals surface area contributed by atoms with E-state index in [4.69, 9.17) is 9.47 Å². The van der Waals surface area contributed by atoms with Crippen LogP contribution in [0.4, 0.5) is 19.7 Å². The molecule has 5 amide bonds. The summed E-state index contributed by atoms with van der Waals surface area (Å²) in [6, 6.07) is 0.852. The molecule has 2 aromatic rings. The molecule has 1 aromatic carbocycles. The second-order valence-corrected chi connectivity index (χ2v) is 17.3. The van der Waals surface area contributed by atoms with E-state index >= 15 is 0 Å². The van der Waals surface area contributed by atoms with Crippen LogP contribution in [0.25, 0.3) is 0 Å². The van der Waals surface area contributed by atoms with Crippen LogP contribution in [0.3, 0.4) is 0 Å². The normalized spacial score (nSPS) is 28.2. The van der Waals surface area contributed by atoms with Crippen molar-refractivity contribution in [3.63, 3.8) is 0 Å². The van der Waals surface area contributed by atoms with E-state index < -0.39 is 80.3 Å². The van der Waals surface area contributed by atoms with Crippen molar-refractivity contribution in [1.82, 2.24) is 39.9 Å². The molecule has 3 fully saturated rings. The van der Waals surface area contributed by atoms with Crippen LogP contribution in [0.5, 0.6) is 0 Å². The Balaban J connectivity index is 1.16. The smallest absolute Gasteiger partial charge is 0.410 e. The second kappa shape index (κ2) is 17.3. The molecule has 5 aliphatic rings.